The summed E-state index contributed by atoms with van der Waals surface area (Å²) in [6.07, 6.45) is 0. The van der Waals surface area contributed by atoms with Gasteiger partial charge in [-0.1, -0.05) is 0 Å². The highest BCUT2D eigenvalue weighted by Gasteiger charge is 2.08. The summed E-state index contributed by atoms with van der Waals surface area (Å²) in [5.74, 6) is -0.266. The molecule has 22 heavy (non-hydrogen) atoms. The van der Waals surface area contributed by atoms with E-state index >= 15 is 0 Å². The van der Waals surface area contributed by atoms with Gasteiger partial charge in [0.05, 0.1) is 19.9 Å². The first-order chi connectivity index (χ1) is 10.5. The summed E-state index contributed by atoms with van der Waals surface area (Å²) in [5.41, 5.74) is 0.719. The van der Waals surface area contributed by atoms with Gasteiger partial charge >= 0.3 is 0 Å². The predicted octanol–water partition coefficient (Wildman–Crippen LogP) is 3.79. The number of anilines is 2. The molecule has 0 spiro atoms. The maximum atomic E-state index is 13.5. The molecule has 0 atom stereocenters. The van der Waals surface area contributed by atoms with Crippen molar-refractivity contribution in [2.45, 2.75) is 0 Å². The number of thiocarbonyl (C=S) groups is 1. The first-order valence-corrected chi connectivity index (χ1v) is 6.69. The Balaban J connectivity index is 2.08. The van der Waals surface area contributed by atoms with Crippen LogP contribution < -0.4 is 20.1 Å². The van der Waals surface area contributed by atoms with Gasteiger partial charge in [-0.3, -0.25) is 0 Å². The molecule has 0 aliphatic heterocycles. The van der Waals surface area contributed by atoms with Crippen LogP contribution in [0.2, 0.25) is 0 Å². The quantitative estimate of drug-likeness (QED) is 0.838. The molecule has 4 nitrogen and oxygen atoms in total. The first-order valence-electron chi connectivity index (χ1n) is 6.28. The Labute approximate surface area is 132 Å². The van der Waals surface area contributed by atoms with Crippen molar-refractivity contribution < 1.29 is 18.3 Å². The Hall–Kier alpha value is -2.41. The third-order valence-corrected chi connectivity index (χ3v) is 3.02. The number of benzene rings is 2. The minimum Gasteiger partial charge on any atom is -0.493 e. The highest BCUT2D eigenvalue weighted by Crippen LogP contribution is 2.29. The molecule has 0 fully saturated rings. The van der Waals surface area contributed by atoms with Gasteiger partial charge in [-0.2, -0.15) is 0 Å². The van der Waals surface area contributed by atoms with E-state index in [0.29, 0.717) is 17.2 Å². The molecule has 116 valence electrons. The molecule has 7 heteroatoms. The van der Waals surface area contributed by atoms with Gasteiger partial charge in [0.2, 0.25) is 0 Å². The van der Waals surface area contributed by atoms with E-state index in [9.17, 15) is 8.78 Å². The standard InChI is InChI=1S/C15H14F2N2O2S/c1-20-13-6-4-10(8-14(13)21-2)18-15(22)19-12-5-3-9(16)7-11(12)17/h3-8H,1-2H3,(H2,18,19,22). The first kappa shape index (κ1) is 16.0. The molecular weight excluding hydrogens is 310 g/mol. The number of ether oxygens (including phenoxy) is 2. The molecule has 0 amide bonds. The van der Waals surface area contributed by atoms with Gasteiger partial charge in [-0.05, 0) is 36.5 Å². The van der Waals surface area contributed by atoms with E-state index in [1.807, 2.05) is 0 Å². The lowest BCUT2D eigenvalue weighted by Crippen LogP contribution is -2.19. The zero-order valence-corrected chi connectivity index (χ0v) is 12.8. The van der Waals surface area contributed by atoms with Gasteiger partial charge in [0.25, 0.3) is 0 Å². The Morgan fingerprint density at radius 2 is 1.68 bits per heavy atom. The average molecular weight is 324 g/mol. The van der Waals surface area contributed by atoms with Crippen molar-refractivity contribution in [3.63, 3.8) is 0 Å². The largest absolute Gasteiger partial charge is 0.493 e. The zero-order valence-electron chi connectivity index (χ0n) is 11.9. The van der Waals surface area contributed by atoms with Crippen LogP contribution in [-0.4, -0.2) is 19.3 Å². The molecule has 0 aliphatic carbocycles. The van der Waals surface area contributed by atoms with E-state index < -0.39 is 11.6 Å². The minimum absolute atomic E-state index is 0.0828. The molecule has 2 rings (SSSR count). The highest BCUT2D eigenvalue weighted by atomic mass is 32.1. The van der Waals surface area contributed by atoms with Gasteiger partial charge in [-0.25, -0.2) is 8.78 Å². The van der Waals surface area contributed by atoms with Crippen molar-refractivity contribution in [3.8, 4) is 11.5 Å². The molecule has 0 saturated heterocycles. The fourth-order valence-corrected chi connectivity index (χ4v) is 2.02. The van der Waals surface area contributed by atoms with Crippen molar-refractivity contribution in [1.82, 2.24) is 0 Å². The number of halogens is 2. The smallest absolute Gasteiger partial charge is 0.175 e. The maximum Gasteiger partial charge on any atom is 0.175 e. The fourth-order valence-electron chi connectivity index (χ4n) is 1.79. The monoisotopic (exact) mass is 324 g/mol. The Morgan fingerprint density at radius 1 is 0.955 bits per heavy atom. The summed E-state index contributed by atoms with van der Waals surface area (Å²) in [7, 11) is 3.06. The predicted molar refractivity (Wildman–Crippen MR) is 85.7 cm³/mol. The average Bonchev–Trinajstić information content (AvgIpc) is 2.50. The van der Waals surface area contributed by atoms with E-state index in [4.69, 9.17) is 21.7 Å². The fraction of sp³-hybridized carbons (Fsp3) is 0.133. The van der Waals surface area contributed by atoms with Crippen LogP contribution in [0.1, 0.15) is 0 Å². The number of rotatable bonds is 4. The van der Waals surface area contributed by atoms with Crippen molar-refractivity contribution in [2.75, 3.05) is 24.9 Å². The number of hydrogen-bond acceptors (Lipinski definition) is 3. The Morgan fingerprint density at radius 3 is 2.32 bits per heavy atom. The van der Waals surface area contributed by atoms with Crippen LogP contribution in [0.25, 0.3) is 0 Å². The molecule has 2 N–H and O–H groups in total. The van der Waals surface area contributed by atoms with E-state index in [1.165, 1.54) is 20.3 Å². The molecule has 0 bridgehead atoms. The van der Waals surface area contributed by atoms with E-state index in [1.54, 1.807) is 18.2 Å². The summed E-state index contributed by atoms with van der Waals surface area (Å²) < 4.78 is 36.7. The second-order valence-electron chi connectivity index (χ2n) is 4.27. The summed E-state index contributed by atoms with van der Waals surface area (Å²) in [6, 6.07) is 8.32. The number of hydrogen-bond donors (Lipinski definition) is 2. The van der Waals surface area contributed by atoms with Gasteiger partial charge in [-0.15, -0.1) is 0 Å². The molecule has 0 heterocycles. The lowest BCUT2D eigenvalue weighted by Gasteiger charge is -2.13. The Kier molecular flexibility index (Phi) is 5.11. The SMILES string of the molecule is COc1ccc(NC(=S)Nc2ccc(F)cc2F)cc1OC. The topological polar surface area (TPSA) is 42.5 Å². The van der Waals surface area contributed by atoms with Gasteiger partial charge in [0, 0.05) is 17.8 Å². The maximum absolute atomic E-state index is 13.5. The molecule has 0 aromatic heterocycles. The summed E-state index contributed by atoms with van der Waals surface area (Å²) in [4.78, 5) is 0. The molecule has 2 aromatic carbocycles. The Bertz CT molecular complexity index is 695. The lowest BCUT2D eigenvalue weighted by atomic mass is 10.2. The zero-order chi connectivity index (χ0) is 16.1. The molecule has 2 aromatic rings. The normalized spacial score (nSPS) is 10.0. The molecule has 0 unspecified atom stereocenters. The van der Waals surface area contributed by atoms with E-state index in [2.05, 4.69) is 10.6 Å². The lowest BCUT2D eigenvalue weighted by molar-refractivity contribution is 0.355. The summed E-state index contributed by atoms with van der Waals surface area (Å²) in [6.45, 7) is 0. The van der Waals surface area contributed by atoms with Gasteiger partial charge in [0.1, 0.15) is 11.6 Å². The molecule has 0 radical (unpaired) electrons. The number of methoxy groups -OCH3 is 2. The van der Waals surface area contributed by atoms with Crippen LogP contribution in [0.5, 0.6) is 11.5 Å². The summed E-state index contributed by atoms with van der Waals surface area (Å²) >= 11 is 5.10. The third kappa shape index (κ3) is 3.82. The van der Waals surface area contributed by atoms with E-state index in [-0.39, 0.29) is 10.8 Å². The molecule has 0 saturated carbocycles. The van der Waals surface area contributed by atoms with Crippen LogP contribution >= 0.6 is 12.2 Å². The highest BCUT2D eigenvalue weighted by molar-refractivity contribution is 7.80. The second kappa shape index (κ2) is 7.04. The van der Waals surface area contributed by atoms with Gasteiger partial charge in [0.15, 0.2) is 16.6 Å². The second-order valence-corrected chi connectivity index (χ2v) is 4.68. The van der Waals surface area contributed by atoms with Gasteiger partial charge < -0.3 is 20.1 Å². The van der Waals surface area contributed by atoms with Crippen LogP contribution in [-0.2, 0) is 0 Å². The van der Waals surface area contributed by atoms with Crippen molar-refractivity contribution in [3.05, 3.63) is 48.0 Å². The molecular formula is C15H14F2N2O2S. The molecule has 0 aliphatic rings. The number of nitrogens with one attached hydrogen (secondary N) is 2. The minimum atomic E-state index is -0.725. The third-order valence-electron chi connectivity index (χ3n) is 2.82. The van der Waals surface area contributed by atoms with Crippen LogP contribution in [0.3, 0.4) is 0 Å². The van der Waals surface area contributed by atoms with Crippen LogP contribution in [0.4, 0.5) is 20.2 Å². The van der Waals surface area contributed by atoms with Crippen molar-refractivity contribution in [2.24, 2.45) is 0 Å². The van der Waals surface area contributed by atoms with Crippen LogP contribution in [0.15, 0.2) is 36.4 Å². The van der Waals surface area contributed by atoms with Crippen LogP contribution in [0, 0.1) is 11.6 Å². The van der Waals surface area contributed by atoms with Crippen molar-refractivity contribution >= 4 is 28.7 Å². The summed E-state index contributed by atoms with van der Waals surface area (Å²) in [5, 5.41) is 5.71. The van der Waals surface area contributed by atoms with E-state index in [0.717, 1.165) is 12.1 Å². The van der Waals surface area contributed by atoms with Crippen molar-refractivity contribution in [1.29, 1.82) is 0 Å².